The summed E-state index contributed by atoms with van der Waals surface area (Å²) in [6.07, 6.45) is 21.9. The molecule has 1 aliphatic heterocycles. The number of hydrogen-bond donors (Lipinski definition) is 3. The largest absolute Gasteiger partial charge is 0.395 e. The third-order valence-electron chi connectivity index (χ3n) is 5.82. The summed E-state index contributed by atoms with van der Waals surface area (Å²) in [7, 11) is 0. The second-order valence-electron chi connectivity index (χ2n) is 8.43. The van der Waals surface area contributed by atoms with Crippen LogP contribution in [-0.2, 0) is 9.59 Å². The molecular weight excluding hydrogens is 376 g/mol. The molecule has 172 valence electrons. The number of imide groups is 1. The van der Waals surface area contributed by atoms with Gasteiger partial charge in [-0.25, -0.2) is 0 Å². The molecule has 1 atom stereocenters. The number of rotatable bonds is 19. The molecule has 0 fully saturated rings. The van der Waals surface area contributed by atoms with Gasteiger partial charge in [0.2, 0.25) is 0 Å². The zero-order valence-corrected chi connectivity index (χ0v) is 19.3. The summed E-state index contributed by atoms with van der Waals surface area (Å²) >= 11 is 0. The average molecular weight is 421 g/mol. The second kappa shape index (κ2) is 17.2. The van der Waals surface area contributed by atoms with Crippen LogP contribution in [-0.4, -0.2) is 36.1 Å². The van der Waals surface area contributed by atoms with E-state index in [2.05, 4.69) is 29.7 Å². The molecule has 5 heteroatoms. The Labute approximate surface area is 183 Å². The SMILES string of the molecule is CCCCCCCC/C=C\CCCCCCCC(NCCO)C1=C(C)C(=O)NC1=O. The fourth-order valence-electron chi connectivity index (χ4n) is 3.98. The summed E-state index contributed by atoms with van der Waals surface area (Å²) in [6, 6.07) is -0.159. The highest BCUT2D eigenvalue weighted by Crippen LogP contribution is 2.20. The van der Waals surface area contributed by atoms with Crippen LogP contribution in [0.4, 0.5) is 0 Å². The summed E-state index contributed by atoms with van der Waals surface area (Å²) in [5.74, 6) is -0.587. The molecule has 1 unspecified atom stereocenters. The third kappa shape index (κ3) is 11.1. The summed E-state index contributed by atoms with van der Waals surface area (Å²) in [6.45, 7) is 4.40. The number of allylic oxidation sites excluding steroid dienone is 2. The fourth-order valence-corrected chi connectivity index (χ4v) is 3.98. The molecule has 0 aromatic rings. The van der Waals surface area contributed by atoms with Gasteiger partial charge in [0, 0.05) is 23.7 Å². The lowest BCUT2D eigenvalue weighted by Crippen LogP contribution is -2.37. The Hall–Kier alpha value is -1.46. The van der Waals surface area contributed by atoms with E-state index < -0.39 is 0 Å². The number of carbonyl (C=O) groups excluding carboxylic acids is 2. The Bertz CT molecular complexity index is 555. The summed E-state index contributed by atoms with van der Waals surface area (Å²) in [4.78, 5) is 23.8. The topological polar surface area (TPSA) is 78.4 Å². The molecule has 0 saturated carbocycles. The number of unbranched alkanes of at least 4 members (excludes halogenated alkanes) is 11. The van der Waals surface area contributed by atoms with Crippen molar-refractivity contribution in [3.05, 3.63) is 23.3 Å². The summed E-state index contributed by atoms with van der Waals surface area (Å²) in [5.41, 5.74) is 1.05. The lowest BCUT2D eigenvalue weighted by atomic mass is 9.97. The van der Waals surface area contributed by atoms with E-state index in [0.29, 0.717) is 17.7 Å². The van der Waals surface area contributed by atoms with Crippen molar-refractivity contribution in [1.82, 2.24) is 10.6 Å². The molecule has 0 aromatic carbocycles. The monoisotopic (exact) mass is 420 g/mol. The van der Waals surface area contributed by atoms with Crippen molar-refractivity contribution in [3.63, 3.8) is 0 Å². The minimum Gasteiger partial charge on any atom is -0.395 e. The molecule has 5 nitrogen and oxygen atoms in total. The molecule has 1 aliphatic rings. The van der Waals surface area contributed by atoms with E-state index in [4.69, 9.17) is 5.11 Å². The van der Waals surface area contributed by atoms with Crippen molar-refractivity contribution in [1.29, 1.82) is 0 Å². The molecule has 0 radical (unpaired) electrons. The smallest absolute Gasteiger partial charge is 0.256 e. The van der Waals surface area contributed by atoms with E-state index in [9.17, 15) is 9.59 Å². The molecule has 0 aliphatic carbocycles. The van der Waals surface area contributed by atoms with Crippen LogP contribution in [0.3, 0.4) is 0 Å². The zero-order chi connectivity index (χ0) is 22.0. The Balaban J connectivity index is 2.10. The number of nitrogens with one attached hydrogen (secondary N) is 2. The predicted molar refractivity (Wildman–Crippen MR) is 124 cm³/mol. The first kappa shape index (κ1) is 26.6. The van der Waals surface area contributed by atoms with Gasteiger partial charge in [0.05, 0.1) is 6.61 Å². The third-order valence-corrected chi connectivity index (χ3v) is 5.82. The van der Waals surface area contributed by atoms with Crippen molar-refractivity contribution in [2.45, 2.75) is 110 Å². The Kier molecular flexibility index (Phi) is 15.3. The van der Waals surface area contributed by atoms with Crippen molar-refractivity contribution in [2.75, 3.05) is 13.2 Å². The van der Waals surface area contributed by atoms with Crippen molar-refractivity contribution >= 4 is 11.8 Å². The van der Waals surface area contributed by atoms with Gasteiger partial charge in [-0.3, -0.25) is 14.9 Å². The van der Waals surface area contributed by atoms with E-state index in [-0.39, 0.29) is 24.5 Å². The number of aliphatic hydroxyl groups excluding tert-OH is 1. The Morgan fingerprint density at radius 1 is 0.867 bits per heavy atom. The molecule has 1 heterocycles. The molecule has 2 amide bonds. The Morgan fingerprint density at radius 3 is 1.97 bits per heavy atom. The fraction of sp³-hybridized carbons (Fsp3) is 0.760. The van der Waals surface area contributed by atoms with Gasteiger partial charge in [-0.1, -0.05) is 76.9 Å². The van der Waals surface area contributed by atoms with Gasteiger partial charge >= 0.3 is 0 Å². The predicted octanol–water partition coefficient (Wildman–Crippen LogP) is 4.95. The van der Waals surface area contributed by atoms with Gasteiger partial charge in [0.15, 0.2) is 0 Å². The first-order valence-electron chi connectivity index (χ1n) is 12.2. The highest BCUT2D eigenvalue weighted by Gasteiger charge is 2.32. The van der Waals surface area contributed by atoms with Gasteiger partial charge in [0.1, 0.15) is 0 Å². The number of aliphatic hydroxyl groups is 1. The summed E-state index contributed by atoms with van der Waals surface area (Å²) < 4.78 is 0. The van der Waals surface area contributed by atoms with Gasteiger partial charge in [0.25, 0.3) is 11.8 Å². The van der Waals surface area contributed by atoms with Crippen LogP contribution in [0.15, 0.2) is 23.3 Å². The molecule has 30 heavy (non-hydrogen) atoms. The lowest BCUT2D eigenvalue weighted by Gasteiger charge is -2.19. The minimum absolute atomic E-state index is 0.0186. The van der Waals surface area contributed by atoms with Crippen LogP contribution in [0.5, 0.6) is 0 Å². The normalized spacial score (nSPS) is 15.4. The molecule has 0 saturated heterocycles. The van der Waals surface area contributed by atoms with Crippen LogP contribution >= 0.6 is 0 Å². The quantitative estimate of drug-likeness (QED) is 0.157. The lowest BCUT2D eigenvalue weighted by molar-refractivity contribution is -0.124. The molecule has 3 N–H and O–H groups in total. The molecule has 0 spiro atoms. The van der Waals surface area contributed by atoms with Crippen molar-refractivity contribution in [2.24, 2.45) is 0 Å². The van der Waals surface area contributed by atoms with E-state index in [1.54, 1.807) is 6.92 Å². The van der Waals surface area contributed by atoms with E-state index in [0.717, 1.165) is 19.3 Å². The maximum atomic E-state index is 12.1. The van der Waals surface area contributed by atoms with Crippen LogP contribution in [0.25, 0.3) is 0 Å². The van der Waals surface area contributed by atoms with Crippen molar-refractivity contribution < 1.29 is 14.7 Å². The molecular formula is C25H44N2O3. The highest BCUT2D eigenvalue weighted by molar-refractivity contribution is 6.19. The van der Waals surface area contributed by atoms with Crippen LogP contribution in [0.1, 0.15) is 104 Å². The average Bonchev–Trinajstić information content (AvgIpc) is 2.99. The minimum atomic E-state index is -0.296. The van der Waals surface area contributed by atoms with Crippen LogP contribution < -0.4 is 10.6 Å². The first-order chi connectivity index (χ1) is 14.6. The maximum absolute atomic E-state index is 12.1. The molecule has 0 aromatic heterocycles. The van der Waals surface area contributed by atoms with Gasteiger partial charge < -0.3 is 10.4 Å². The molecule has 1 rings (SSSR count). The van der Waals surface area contributed by atoms with E-state index in [1.807, 2.05) is 0 Å². The second-order valence-corrected chi connectivity index (χ2v) is 8.43. The number of hydrogen-bond acceptors (Lipinski definition) is 4. The molecule has 0 bridgehead atoms. The number of carbonyl (C=O) groups is 2. The van der Waals surface area contributed by atoms with Crippen LogP contribution in [0.2, 0.25) is 0 Å². The zero-order valence-electron chi connectivity index (χ0n) is 19.3. The van der Waals surface area contributed by atoms with Gasteiger partial charge in [-0.2, -0.15) is 0 Å². The van der Waals surface area contributed by atoms with Crippen LogP contribution in [0, 0.1) is 0 Å². The van der Waals surface area contributed by atoms with Gasteiger partial charge in [-0.15, -0.1) is 0 Å². The van der Waals surface area contributed by atoms with Gasteiger partial charge in [-0.05, 0) is 39.0 Å². The summed E-state index contributed by atoms with van der Waals surface area (Å²) in [5, 5.41) is 14.7. The van der Waals surface area contributed by atoms with E-state index >= 15 is 0 Å². The Morgan fingerprint density at radius 2 is 1.43 bits per heavy atom. The van der Waals surface area contributed by atoms with E-state index in [1.165, 1.54) is 70.6 Å². The maximum Gasteiger partial charge on any atom is 0.256 e. The highest BCUT2D eigenvalue weighted by atomic mass is 16.3. The number of amides is 2. The first-order valence-corrected chi connectivity index (χ1v) is 12.2. The standard InChI is InChI=1S/C25H44N2O3/c1-3-4-5-6-7-8-9-10-11-12-13-14-15-16-17-18-22(26-19-20-28)23-21(2)24(29)27-25(23)30/h10-11,22,26,28H,3-9,12-20H2,1-2H3,(H,27,29,30)/b11-10-. The van der Waals surface area contributed by atoms with Crippen molar-refractivity contribution in [3.8, 4) is 0 Å².